The molecule has 1 heterocycles. The van der Waals surface area contributed by atoms with Crippen LogP contribution in [0.5, 0.6) is 0 Å². The normalized spacial score (nSPS) is 21.9. The molecule has 1 aliphatic rings. The molecule has 124 valence electrons. The highest BCUT2D eigenvalue weighted by atomic mass is 16.5. The van der Waals surface area contributed by atoms with E-state index in [9.17, 15) is 4.79 Å². The lowest BCUT2D eigenvalue weighted by molar-refractivity contribution is -0.0181. The van der Waals surface area contributed by atoms with Crippen LogP contribution < -0.4 is 5.56 Å². The smallest absolute Gasteiger partial charge is 0.258 e. The first-order valence-corrected chi connectivity index (χ1v) is 8.69. The van der Waals surface area contributed by atoms with Gasteiger partial charge in [0, 0.05) is 0 Å². The maximum atomic E-state index is 12.3. The third-order valence-electron chi connectivity index (χ3n) is 4.91. The predicted molar refractivity (Wildman–Crippen MR) is 92.7 cm³/mol. The van der Waals surface area contributed by atoms with E-state index in [1.807, 2.05) is 18.2 Å². The Kier molecular flexibility index (Phi) is 4.81. The van der Waals surface area contributed by atoms with Crippen molar-refractivity contribution in [3.05, 3.63) is 39.9 Å². The van der Waals surface area contributed by atoms with Gasteiger partial charge in [0.2, 0.25) is 0 Å². The van der Waals surface area contributed by atoms with Gasteiger partial charge in [0.25, 0.3) is 5.56 Å². The molecule has 2 atom stereocenters. The van der Waals surface area contributed by atoms with E-state index in [1.165, 1.54) is 19.3 Å². The molecule has 3 rings (SSSR count). The molecule has 0 radical (unpaired) electrons. The fraction of sp³-hybridized carbons (Fsp3) is 0.579. The second kappa shape index (κ2) is 6.83. The van der Waals surface area contributed by atoms with Gasteiger partial charge in [-0.25, -0.2) is 4.98 Å². The number of ether oxygens (including phenoxy) is 1. The van der Waals surface area contributed by atoms with E-state index in [-0.39, 0.29) is 11.7 Å². The van der Waals surface area contributed by atoms with Crippen LogP contribution in [0.2, 0.25) is 0 Å². The Labute approximate surface area is 137 Å². The first-order valence-electron chi connectivity index (χ1n) is 8.69. The molecule has 0 saturated heterocycles. The standard InChI is InChI=1S/C19H26N2O2/c1-12(2)14-8-9-16-15(10-14)19(22)21-18(20-16)11-23-17-7-5-4-6-13(17)3/h8-10,12-13,17H,4-7,11H2,1-3H3,(H,20,21,22)/t13-,17-/m1/s1. The Morgan fingerprint density at radius 3 is 2.83 bits per heavy atom. The van der Waals surface area contributed by atoms with Crippen molar-refractivity contribution in [3.8, 4) is 0 Å². The van der Waals surface area contributed by atoms with Crippen molar-refractivity contribution in [3.63, 3.8) is 0 Å². The second-order valence-electron chi connectivity index (χ2n) is 7.06. The highest BCUT2D eigenvalue weighted by Gasteiger charge is 2.22. The minimum Gasteiger partial charge on any atom is -0.370 e. The van der Waals surface area contributed by atoms with Gasteiger partial charge in [0.05, 0.1) is 17.0 Å². The first kappa shape index (κ1) is 16.2. The van der Waals surface area contributed by atoms with Gasteiger partial charge in [-0.05, 0) is 42.4 Å². The number of nitrogens with one attached hydrogen (secondary N) is 1. The van der Waals surface area contributed by atoms with Gasteiger partial charge in [-0.3, -0.25) is 4.79 Å². The Morgan fingerprint density at radius 2 is 2.09 bits per heavy atom. The third-order valence-corrected chi connectivity index (χ3v) is 4.91. The van der Waals surface area contributed by atoms with Crippen LogP contribution in [0, 0.1) is 5.92 Å². The zero-order chi connectivity index (χ0) is 16.4. The minimum atomic E-state index is -0.0761. The molecule has 1 aromatic heterocycles. The third kappa shape index (κ3) is 3.63. The van der Waals surface area contributed by atoms with Crippen LogP contribution in [-0.2, 0) is 11.3 Å². The van der Waals surface area contributed by atoms with E-state index in [2.05, 4.69) is 30.7 Å². The fourth-order valence-electron chi connectivity index (χ4n) is 3.35. The van der Waals surface area contributed by atoms with Gasteiger partial charge in [0.1, 0.15) is 12.4 Å². The summed E-state index contributed by atoms with van der Waals surface area (Å²) in [4.78, 5) is 19.8. The van der Waals surface area contributed by atoms with E-state index >= 15 is 0 Å². The number of fused-ring (bicyclic) bond motifs is 1. The zero-order valence-corrected chi connectivity index (χ0v) is 14.3. The Balaban J connectivity index is 1.79. The number of nitrogens with zero attached hydrogens (tertiary/aromatic N) is 1. The van der Waals surface area contributed by atoms with E-state index in [0.29, 0.717) is 29.7 Å². The van der Waals surface area contributed by atoms with Crippen LogP contribution in [0.4, 0.5) is 0 Å². The lowest BCUT2D eigenvalue weighted by atomic mass is 9.88. The maximum absolute atomic E-state index is 12.3. The van der Waals surface area contributed by atoms with Crippen molar-refractivity contribution in [2.24, 2.45) is 5.92 Å². The van der Waals surface area contributed by atoms with Crippen LogP contribution in [0.15, 0.2) is 23.0 Å². The van der Waals surface area contributed by atoms with Gasteiger partial charge in [0.15, 0.2) is 0 Å². The molecule has 4 nitrogen and oxygen atoms in total. The Hall–Kier alpha value is -1.68. The van der Waals surface area contributed by atoms with Crippen molar-refractivity contribution in [1.29, 1.82) is 0 Å². The van der Waals surface area contributed by atoms with Crippen molar-refractivity contribution < 1.29 is 4.74 Å². The summed E-state index contributed by atoms with van der Waals surface area (Å²) in [6.45, 7) is 6.87. The number of hydrogen-bond acceptors (Lipinski definition) is 3. The van der Waals surface area contributed by atoms with Gasteiger partial charge in [-0.2, -0.15) is 0 Å². The number of rotatable bonds is 4. The largest absolute Gasteiger partial charge is 0.370 e. The zero-order valence-electron chi connectivity index (χ0n) is 14.3. The number of aromatic amines is 1. The van der Waals surface area contributed by atoms with Crippen molar-refractivity contribution in [1.82, 2.24) is 9.97 Å². The molecule has 1 N–H and O–H groups in total. The highest BCUT2D eigenvalue weighted by molar-refractivity contribution is 5.78. The lowest BCUT2D eigenvalue weighted by Crippen LogP contribution is -2.26. The average Bonchev–Trinajstić information content (AvgIpc) is 2.54. The summed E-state index contributed by atoms with van der Waals surface area (Å²) in [7, 11) is 0. The number of hydrogen-bond donors (Lipinski definition) is 1. The number of aromatic nitrogens is 2. The Bertz CT molecular complexity index is 736. The van der Waals surface area contributed by atoms with E-state index < -0.39 is 0 Å². The molecule has 0 aliphatic heterocycles. The van der Waals surface area contributed by atoms with Gasteiger partial charge in [-0.1, -0.05) is 39.7 Å². The van der Waals surface area contributed by atoms with Crippen LogP contribution in [0.1, 0.15) is 63.8 Å². The molecule has 4 heteroatoms. The summed E-state index contributed by atoms with van der Waals surface area (Å²) in [6.07, 6.45) is 5.15. The van der Waals surface area contributed by atoms with E-state index in [1.54, 1.807) is 0 Å². The Morgan fingerprint density at radius 1 is 1.30 bits per heavy atom. The maximum Gasteiger partial charge on any atom is 0.258 e. The molecule has 1 fully saturated rings. The molecule has 0 unspecified atom stereocenters. The molecule has 1 aromatic carbocycles. The predicted octanol–water partition coefficient (Wildman–Crippen LogP) is 4.14. The van der Waals surface area contributed by atoms with Crippen LogP contribution in [0.25, 0.3) is 10.9 Å². The highest BCUT2D eigenvalue weighted by Crippen LogP contribution is 2.26. The monoisotopic (exact) mass is 314 g/mol. The topological polar surface area (TPSA) is 55.0 Å². The fourth-order valence-corrected chi connectivity index (χ4v) is 3.35. The summed E-state index contributed by atoms with van der Waals surface area (Å²) in [6, 6.07) is 5.93. The second-order valence-corrected chi connectivity index (χ2v) is 7.06. The number of H-pyrrole nitrogens is 1. The molecule has 0 amide bonds. The summed E-state index contributed by atoms with van der Waals surface area (Å²) in [5, 5.41) is 0.658. The van der Waals surface area contributed by atoms with Crippen LogP contribution in [-0.4, -0.2) is 16.1 Å². The lowest BCUT2D eigenvalue weighted by Gasteiger charge is -2.28. The number of benzene rings is 1. The van der Waals surface area contributed by atoms with Crippen molar-refractivity contribution >= 4 is 10.9 Å². The van der Waals surface area contributed by atoms with Gasteiger partial charge < -0.3 is 9.72 Å². The quantitative estimate of drug-likeness (QED) is 0.922. The average molecular weight is 314 g/mol. The van der Waals surface area contributed by atoms with E-state index in [0.717, 1.165) is 17.5 Å². The molecule has 23 heavy (non-hydrogen) atoms. The van der Waals surface area contributed by atoms with Crippen molar-refractivity contribution in [2.75, 3.05) is 0 Å². The minimum absolute atomic E-state index is 0.0761. The molecular formula is C19H26N2O2. The molecule has 0 spiro atoms. The van der Waals surface area contributed by atoms with E-state index in [4.69, 9.17) is 4.74 Å². The molecule has 0 bridgehead atoms. The summed E-state index contributed by atoms with van der Waals surface area (Å²) >= 11 is 0. The van der Waals surface area contributed by atoms with Crippen LogP contribution in [0.3, 0.4) is 0 Å². The summed E-state index contributed by atoms with van der Waals surface area (Å²) in [5.41, 5.74) is 1.83. The summed E-state index contributed by atoms with van der Waals surface area (Å²) in [5.74, 6) is 1.61. The molecule has 2 aromatic rings. The van der Waals surface area contributed by atoms with Crippen LogP contribution >= 0.6 is 0 Å². The van der Waals surface area contributed by atoms with Crippen molar-refractivity contribution in [2.45, 2.75) is 65.1 Å². The molecule has 1 saturated carbocycles. The molecular weight excluding hydrogens is 288 g/mol. The van der Waals surface area contributed by atoms with Gasteiger partial charge >= 0.3 is 0 Å². The van der Waals surface area contributed by atoms with Gasteiger partial charge in [-0.15, -0.1) is 0 Å². The summed E-state index contributed by atoms with van der Waals surface area (Å²) < 4.78 is 6.01. The molecule has 1 aliphatic carbocycles. The SMILES string of the molecule is CC(C)c1ccc2nc(CO[C@@H]3CCCC[C@H]3C)[nH]c(=O)c2c1. The first-order chi connectivity index (χ1) is 11.0.